The molecule has 1 fully saturated rings. The minimum Gasteiger partial charge on any atom is -0.381 e. The molecule has 0 atom stereocenters. The normalized spacial score (nSPS) is 14.2. The second-order valence-electron chi connectivity index (χ2n) is 6.29. The predicted molar refractivity (Wildman–Crippen MR) is 103 cm³/mol. The lowest BCUT2D eigenvalue weighted by atomic mass is 10.1. The molecule has 0 amide bonds. The first-order valence-electron chi connectivity index (χ1n) is 8.29. The summed E-state index contributed by atoms with van der Waals surface area (Å²) >= 11 is 3.31. The Bertz CT molecular complexity index is 979. The van der Waals surface area contributed by atoms with Gasteiger partial charge in [0.1, 0.15) is 17.5 Å². The van der Waals surface area contributed by atoms with Crippen molar-refractivity contribution in [2.75, 3.05) is 30.1 Å². The molecule has 6 nitrogen and oxygen atoms in total. The van der Waals surface area contributed by atoms with Gasteiger partial charge in [-0.1, -0.05) is 22.0 Å². The van der Waals surface area contributed by atoms with E-state index in [1.54, 1.807) is 23.1 Å². The standard InChI is InChI=1S/C18H16BrF2N5O/c19-11-4-12(20)6-13(5-11)26(7-10-8-27-9-10)17-16-14(21)2-1-3-15(16)23-18(24-17)25-22/h1-6,10H,7-9,22H2,(H,23,24,25). The monoisotopic (exact) mass is 435 g/mol. The first-order chi connectivity index (χ1) is 13.0. The summed E-state index contributed by atoms with van der Waals surface area (Å²) in [4.78, 5) is 10.4. The van der Waals surface area contributed by atoms with Crippen LogP contribution in [0, 0.1) is 17.6 Å². The maximum Gasteiger partial charge on any atom is 0.239 e. The third-order valence-electron chi connectivity index (χ3n) is 4.35. The molecule has 3 aromatic rings. The van der Waals surface area contributed by atoms with Crippen LogP contribution in [0.1, 0.15) is 0 Å². The number of nitrogens with two attached hydrogens (primary N) is 1. The minimum atomic E-state index is -0.462. The summed E-state index contributed by atoms with van der Waals surface area (Å²) in [6.07, 6.45) is 0. The van der Waals surface area contributed by atoms with Crippen LogP contribution in [0.2, 0.25) is 0 Å². The molecule has 2 heterocycles. The van der Waals surface area contributed by atoms with Gasteiger partial charge in [0, 0.05) is 22.6 Å². The zero-order chi connectivity index (χ0) is 19.0. The Hall–Kier alpha value is -2.36. The van der Waals surface area contributed by atoms with Crippen LogP contribution in [-0.4, -0.2) is 29.7 Å². The van der Waals surface area contributed by atoms with E-state index in [2.05, 4.69) is 31.3 Å². The molecule has 140 valence electrons. The first-order valence-corrected chi connectivity index (χ1v) is 9.08. The van der Waals surface area contributed by atoms with Gasteiger partial charge < -0.3 is 9.64 Å². The van der Waals surface area contributed by atoms with Gasteiger partial charge in [-0.3, -0.25) is 5.43 Å². The van der Waals surface area contributed by atoms with Crippen molar-refractivity contribution in [1.29, 1.82) is 0 Å². The average molecular weight is 436 g/mol. The fourth-order valence-corrected chi connectivity index (χ4v) is 3.49. The number of rotatable bonds is 5. The highest BCUT2D eigenvalue weighted by Gasteiger charge is 2.26. The Morgan fingerprint density at radius 2 is 2.04 bits per heavy atom. The molecule has 0 saturated carbocycles. The Kier molecular flexibility index (Phi) is 4.90. The van der Waals surface area contributed by atoms with E-state index in [1.807, 2.05) is 0 Å². The third kappa shape index (κ3) is 3.58. The van der Waals surface area contributed by atoms with E-state index < -0.39 is 11.6 Å². The highest BCUT2D eigenvalue weighted by Crippen LogP contribution is 2.35. The summed E-state index contributed by atoms with van der Waals surface area (Å²) in [5, 5.41) is 0.247. The number of hydrogen-bond donors (Lipinski definition) is 2. The Morgan fingerprint density at radius 1 is 1.22 bits per heavy atom. The lowest BCUT2D eigenvalue weighted by Gasteiger charge is -2.33. The Labute approximate surface area is 162 Å². The summed E-state index contributed by atoms with van der Waals surface area (Å²) in [6.45, 7) is 1.65. The molecule has 0 aliphatic carbocycles. The summed E-state index contributed by atoms with van der Waals surface area (Å²) in [7, 11) is 0. The molecule has 0 spiro atoms. The quantitative estimate of drug-likeness (QED) is 0.469. The molecule has 4 rings (SSSR count). The number of fused-ring (bicyclic) bond motifs is 1. The van der Waals surface area contributed by atoms with E-state index in [1.165, 1.54) is 18.2 Å². The van der Waals surface area contributed by atoms with Gasteiger partial charge in [-0.2, -0.15) is 4.98 Å². The van der Waals surface area contributed by atoms with Gasteiger partial charge in [0.05, 0.1) is 24.1 Å². The smallest absolute Gasteiger partial charge is 0.239 e. The number of hydrogen-bond acceptors (Lipinski definition) is 6. The van der Waals surface area contributed by atoms with E-state index in [9.17, 15) is 8.78 Å². The van der Waals surface area contributed by atoms with E-state index in [0.29, 0.717) is 41.3 Å². The molecule has 27 heavy (non-hydrogen) atoms. The number of halogens is 3. The van der Waals surface area contributed by atoms with Gasteiger partial charge in [-0.05, 0) is 30.3 Å². The van der Waals surface area contributed by atoms with E-state index in [0.717, 1.165) is 0 Å². The molecule has 1 aliphatic heterocycles. The van der Waals surface area contributed by atoms with Gasteiger partial charge in [-0.15, -0.1) is 0 Å². The number of anilines is 3. The van der Waals surface area contributed by atoms with E-state index in [4.69, 9.17) is 10.6 Å². The number of aromatic nitrogens is 2. The van der Waals surface area contributed by atoms with Crippen LogP contribution >= 0.6 is 15.9 Å². The van der Waals surface area contributed by atoms with E-state index in [-0.39, 0.29) is 17.3 Å². The van der Waals surface area contributed by atoms with Crippen molar-refractivity contribution >= 4 is 44.3 Å². The lowest BCUT2D eigenvalue weighted by molar-refractivity contribution is -0.0267. The molecule has 2 aromatic carbocycles. The highest BCUT2D eigenvalue weighted by atomic mass is 79.9. The van der Waals surface area contributed by atoms with Crippen molar-refractivity contribution in [2.24, 2.45) is 11.8 Å². The summed E-state index contributed by atoms with van der Waals surface area (Å²) < 4.78 is 34.6. The van der Waals surface area contributed by atoms with Gasteiger partial charge in [0.2, 0.25) is 5.95 Å². The van der Waals surface area contributed by atoms with Gasteiger partial charge >= 0.3 is 0 Å². The third-order valence-corrected chi connectivity index (χ3v) is 4.80. The largest absolute Gasteiger partial charge is 0.381 e. The van der Waals surface area contributed by atoms with E-state index >= 15 is 0 Å². The maximum absolute atomic E-state index is 14.7. The molecule has 1 aromatic heterocycles. The van der Waals surface area contributed by atoms with Crippen LogP contribution in [0.4, 0.5) is 26.2 Å². The topological polar surface area (TPSA) is 76.3 Å². The molecule has 0 bridgehead atoms. The summed E-state index contributed by atoms with van der Waals surface area (Å²) in [6, 6.07) is 9.09. The number of hydrazine groups is 1. The maximum atomic E-state index is 14.7. The zero-order valence-electron chi connectivity index (χ0n) is 14.1. The van der Waals surface area contributed by atoms with Crippen molar-refractivity contribution in [1.82, 2.24) is 9.97 Å². The summed E-state index contributed by atoms with van der Waals surface area (Å²) in [5.41, 5.74) is 3.35. The molecular weight excluding hydrogens is 420 g/mol. The molecule has 0 unspecified atom stereocenters. The van der Waals surface area contributed by atoms with Gasteiger partial charge in [0.25, 0.3) is 0 Å². The average Bonchev–Trinajstić information content (AvgIpc) is 2.59. The Morgan fingerprint density at radius 3 is 2.70 bits per heavy atom. The first kappa shape index (κ1) is 18.0. The van der Waals surface area contributed by atoms with Crippen molar-refractivity contribution in [2.45, 2.75) is 0 Å². The zero-order valence-corrected chi connectivity index (χ0v) is 15.7. The molecular formula is C18H16BrF2N5O. The number of benzene rings is 2. The number of nitrogens with zero attached hydrogens (tertiary/aromatic N) is 3. The molecule has 1 aliphatic rings. The van der Waals surface area contributed by atoms with Gasteiger partial charge in [-0.25, -0.2) is 19.6 Å². The highest BCUT2D eigenvalue weighted by molar-refractivity contribution is 9.10. The summed E-state index contributed by atoms with van der Waals surface area (Å²) in [5.74, 6) is 5.31. The van der Waals surface area contributed by atoms with Crippen LogP contribution in [0.25, 0.3) is 10.9 Å². The van der Waals surface area contributed by atoms with Crippen LogP contribution in [0.15, 0.2) is 40.9 Å². The molecule has 0 radical (unpaired) electrons. The number of ether oxygens (including phenoxy) is 1. The minimum absolute atomic E-state index is 0.147. The van der Waals surface area contributed by atoms with Crippen LogP contribution < -0.4 is 16.2 Å². The predicted octanol–water partition coefficient (Wildman–Crippen LogP) is 3.74. The van der Waals surface area contributed by atoms with Crippen molar-refractivity contribution in [3.63, 3.8) is 0 Å². The second-order valence-corrected chi connectivity index (χ2v) is 7.21. The van der Waals surface area contributed by atoms with Crippen LogP contribution in [0.3, 0.4) is 0 Å². The number of nitrogens with one attached hydrogen (secondary N) is 1. The fourth-order valence-electron chi connectivity index (χ4n) is 3.04. The van der Waals surface area contributed by atoms with Crippen molar-refractivity contribution in [3.8, 4) is 0 Å². The fraction of sp³-hybridized carbons (Fsp3) is 0.222. The lowest BCUT2D eigenvalue weighted by Crippen LogP contribution is -2.38. The molecule has 1 saturated heterocycles. The van der Waals surface area contributed by atoms with Crippen molar-refractivity contribution in [3.05, 3.63) is 52.5 Å². The van der Waals surface area contributed by atoms with Gasteiger partial charge in [0.15, 0.2) is 0 Å². The van der Waals surface area contributed by atoms with Crippen LogP contribution in [-0.2, 0) is 4.74 Å². The van der Waals surface area contributed by atoms with Crippen molar-refractivity contribution < 1.29 is 13.5 Å². The Balaban J connectivity index is 1.93. The SMILES string of the molecule is NNc1nc(N(CC2COC2)c2cc(F)cc(Br)c2)c2c(F)cccc2n1. The second kappa shape index (κ2) is 7.34. The molecule has 9 heteroatoms. The number of nitrogen functional groups attached to an aromatic ring is 1. The van der Waals surface area contributed by atoms with Crippen LogP contribution in [0.5, 0.6) is 0 Å². The molecule has 3 N–H and O–H groups in total.